The molecule has 38 heavy (non-hydrogen) atoms. The Bertz CT molecular complexity index is 828. The standard InChI is InChI=1S/C38H68/c1-15-24-34(5,6)29-37(11,12)31(2)38(13,14)30-35(7,8)26-20-19-25-33(3,4)27-21-28-36(9,10)32-22-17-16-18-23-32/h16-20,22-23,31H,15,21,24-30H2,1-14H3/b20-19-. The lowest BCUT2D eigenvalue weighted by Gasteiger charge is -2.48. The zero-order chi connectivity index (χ0) is 29.5. The number of hydrogen-bond donors (Lipinski definition) is 0. The van der Waals surface area contributed by atoms with Crippen LogP contribution in [0.15, 0.2) is 42.5 Å². The summed E-state index contributed by atoms with van der Waals surface area (Å²) in [5.74, 6) is 0.674. The van der Waals surface area contributed by atoms with Crippen LogP contribution in [0.25, 0.3) is 0 Å². The molecule has 0 nitrogen and oxygen atoms in total. The number of hydrogen-bond acceptors (Lipinski definition) is 0. The van der Waals surface area contributed by atoms with Crippen molar-refractivity contribution in [3.05, 3.63) is 48.0 Å². The highest BCUT2D eigenvalue weighted by Crippen LogP contribution is 2.51. The Morgan fingerprint density at radius 2 is 1.08 bits per heavy atom. The van der Waals surface area contributed by atoms with Gasteiger partial charge in [0.15, 0.2) is 0 Å². The van der Waals surface area contributed by atoms with Crippen molar-refractivity contribution < 1.29 is 0 Å². The molecular formula is C38H68. The monoisotopic (exact) mass is 525 g/mol. The van der Waals surface area contributed by atoms with Crippen molar-refractivity contribution in [3.63, 3.8) is 0 Å². The van der Waals surface area contributed by atoms with E-state index in [0.717, 1.165) is 0 Å². The summed E-state index contributed by atoms with van der Waals surface area (Å²) < 4.78 is 0. The summed E-state index contributed by atoms with van der Waals surface area (Å²) in [7, 11) is 0. The van der Waals surface area contributed by atoms with E-state index in [4.69, 9.17) is 0 Å². The van der Waals surface area contributed by atoms with E-state index in [0.29, 0.717) is 33.0 Å². The minimum atomic E-state index is 0.251. The van der Waals surface area contributed by atoms with E-state index in [1.807, 2.05) is 0 Å². The molecule has 0 N–H and O–H groups in total. The largest absolute Gasteiger partial charge is 0.0880 e. The first-order chi connectivity index (χ1) is 17.1. The van der Waals surface area contributed by atoms with Crippen LogP contribution < -0.4 is 0 Å². The fourth-order valence-corrected chi connectivity index (χ4v) is 7.62. The molecule has 1 rings (SSSR count). The van der Waals surface area contributed by atoms with Crippen molar-refractivity contribution in [3.8, 4) is 0 Å². The van der Waals surface area contributed by atoms with Crippen molar-refractivity contribution in [1.82, 2.24) is 0 Å². The van der Waals surface area contributed by atoms with Gasteiger partial charge in [-0.15, -0.1) is 0 Å². The second-order valence-corrected chi connectivity index (χ2v) is 17.3. The van der Waals surface area contributed by atoms with E-state index in [-0.39, 0.29) is 5.41 Å². The molecule has 1 atom stereocenters. The average molecular weight is 525 g/mol. The third-order valence-corrected chi connectivity index (χ3v) is 9.86. The minimum absolute atomic E-state index is 0.251. The van der Waals surface area contributed by atoms with Crippen LogP contribution in [0, 0.1) is 33.0 Å². The number of benzene rings is 1. The van der Waals surface area contributed by atoms with E-state index in [1.165, 1.54) is 63.4 Å². The molecule has 0 heteroatoms. The molecule has 0 saturated carbocycles. The van der Waals surface area contributed by atoms with Gasteiger partial charge in [0.05, 0.1) is 0 Å². The lowest BCUT2D eigenvalue weighted by molar-refractivity contribution is 0.0169. The molecule has 0 spiro atoms. The van der Waals surface area contributed by atoms with Crippen LogP contribution in [0.3, 0.4) is 0 Å². The Morgan fingerprint density at radius 1 is 0.605 bits per heavy atom. The van der Waals surface area contributed by atoms with Crippen LogP contribution >= 0.6 is 0 Å². The summed E-state index contributed by atoms with van der Waals surface area (Å²) in [6.07, 6.45) is 16.3. The van der Waals surface area contributed by atoms with Gasteiger partial charge in [0.1, 0.15) is 0 Å². The molecule has 0 aliphatic heterocycles. The molecule has 0 amide bonds. The molecule has 0 radical (unpaired) electrons. The lowest BCUT2D eigenvalue weighted by atomic mass is 9.57. The van der Waals surface area contributed by atoms with E-state index in [1.54, 1.807) is 0 Å². The first-order valence-corrected chi connectivity index (χ1v) is 15.9. The van der Waals surface area contributed by atoms with Crippen molar-refractivity contribution >= 4 is 0 Å². The normalized spacial score (nSPS) is 15.3. The van der Waals surface area contributed by atoms with E-state index >= 15 is 0 Å². The highest BCUT2D eigenvalue weighted by Gasteiger charge is 2.42. The van der Waals surface area contributed by atoms with Crippen molar-refractivity contribution in [2.45, 2.75) is 160 Å². The summed E-state index contributed by atoms with van der Waals surface area (Å²) in [5, 5.41) is 0. The van der Waals surface area contributed by atoms with Crippen LogP contribution in [0.1, 0.15) is 160 Å². The summed E-state index contributed by atoms with van der Waals surface area (Å²) >= 11 is 0. The first-order valence-electron chi connectivity index (χ1n) is 15.9. The van der Waals surface area contributed by atoms with Crippen LogP contribution in [0.5, 0.6) is 0 Å². The lowest BCUT2D eigenvalue weighted by Crippen LogP contribution is -2.39. The topological polar surface area (TPSA) is 0 Å². The van der Waals surface area contributed by atoms with E-state index in [9.17, 15) is 0 Å². The van der Waals surface area contributed by atoms with E-state index in [2.05, 4.69) is 139 Å². The average Bonchev–Trinajstić information content (AvgIpc) is 2.75. The molecule has 1 aromatic carbocycles. The van der Waals surface area contributed by atoms with Gasteiger partial charge in [-0.05, 0) is 88.9 Å². The Kier molecular flexibility index (Phi) is 12.5. The van der Waals surface area contributed by atoms with Gasteiger partial charge in [0.25, 0.3) is 0 Å². The van der Waals surface area contributed by atoms with Crippen molar-refractivity contribution in [2.75, 3.05) is 0 Å². The van der Waals surface area contributed by atoms with Gasteiger partial charge in [-0.1, -0.05) is 152 Å². The Morgan fingerprint density at radius 3 is 1.58 bits per heavy atom. The molecule has 0 aliphatic rings. The quantitative estimate of drug-likeness (QED) is 0.178. The Balaban J connectivity index is 2.63. The van der Waals surface area contributed by atoms with Crippen molar-refractivity contribution in [2.24, 2.45) is 33.0 Å². The zero-order valence-electron chi connectivity index (χ0n) is 28.5. The summed E-state index contributed by atoms with van der Waals surface area (Å²) in [4.78, 5) is 0. The molecule has 220 valence electrons. The molecule has 0 heterocycles. The first kappa shape index (κ1) is 35.0. The molecular weight excluding hydrogens is 456 g/mol. The maximum Gasteiger partial charge on any atom is -0.0104 e. The molecule has 1 unspecified atom stereocenters. The van der Waals surface area contributed by atoms with Crippen LogP contribution in [-0.4, -0.2) is 0 Å². The predicted octanol–water partition coefficient (Wildman–Crippen LogP) is 12.8. The zero-order valence-corrected chi connectivity index (χ0v) is 28.5. The molecule has 0 aliphatic carbocycles. The molecule has 1 aromatic rings. The molecule has 0 aromatic heterocycles. The summed E-state index contributed by atoms with van der Waals surface area (Å²) in [6.45, 7) is 34.5. The highest BCUT2D eigenvalue weighted by molar-refractivity contribution is 5.23. The van der Waals surface area contributed by atoms with Crippen LogP contribution in [-0.2, 0) is 5.41 Å². The molecule has 0 fully saturated rings. The second-order valence-electron chi connectivity index (χ2n) is 17.3. The van der Waals surface area contributed by atoms with Gasteiger partial charge in [0, 0.05) is 0 Å². The summed E-state index contributed by atoms with van der Waals surface area (Å²) in [5.41, 5.74) is 3.46. The predicted molar refractivity (Wildman–Crippen MR) is 174 cm³/mol. The summed E-state index contributed by atoms with van der Waals surface area (Å²) in [6, 6.07) is 11.0. The van der Waals surface area contributed by atoms with Crippen molar-refractivity contribution in [1.29, 1.82) is 0 Å². The second kappa shape index (κ2) is 13.5. The number of rotatable bonds is 17. The van der Waals surface area contributed by atoms with Crippen LogP contribution in [0.4, 0.5) is 0 Å². The van der Waals surface area contributed by atoms with Gasteiger partial charge >= 0.3 is 0 Å². The third kappa shape index (κ3) is 12.0. The number of allylic oxidation sites excluding steroid dienone is 2. The van der Waals surface area contributed by atoms with Gasteiger partial charge in [-0.25, -0.2) is 0 Å². The Hall–Kier alpha value is -1.04. The fraction of sp³-hybridized carbons (Fsp3) is 0.789. The molecule has 0 saturated heterocycles. The smallest absolute Gasteiger partial charge is 0.0104 e. The van der Waals surface area contributed by atoms with E-state index < -0.39 is 0 Å². The van der Waals surface area contributed by atoms with Gasteiger partial charge in [-0.3, -0.25) is 0 Å². The van der Waals surface area contributed by atoms with Gasteiger partial charge < -0.3 is 0 Å². The van der Waals surface area contributed by atoms with Gasteiger partial charge in [0.2, 0.25) is 0 Å². The van der Waals surface area contributed by atoms with Crippen LogP contribution in [0.2, 0.25) is 0 Å². The minimum Gasteiger partial charge on any atom is -0.0880 e. The maximum atomic E-state index is 2.53. The third-order valence-electron chi connectivity index (χ3n) is 9.86. The van der Waals surface area contributed by atoms with Gasteiger partial charge in [-0.2, -0.15) is 0 Å². The molecule has 0 bridgehead atoms. The highest BCUT2D eigenvalue weighted by atomic mass is 14.5. The maximum absolute atomic E-state index is 2.53. The SMILES string of the molecule is CCCC(C)(C)CC(C)(C)C(C)C(C)(C)CC(C)(C)C/C=C\CC(C)(C)CCCC(C)(C)c1ccccc1. The fourth-order valence-electron chi connectivity index (χ4n) is 7.62. The Labute approximate surface area is 240 Å².